The van der Waals surface area contributed by atoms with E-state index in [1.54, 1.807) is 6.20 Å². The molecule has 0 aliphatic rings. The van der Waals surface area contributed by atoms with Crippen LogP contribution in [0.25, 0.3) is 5.57 Å². The third-order valence-electron chi connectivity index (χ3n) is 3.65. The van der Waals surface area contributed by atoms with E-state index in [-0.39, 0.29) is 0 Å². The van der Waals surface area contributed by atoms with Crippen molar-refractivity contribution in [3.8, 4) is 0 Å². The van der Waals surface area contributed by atoms with Crippen molar-refractivity contribution in [2.45, 2.75) is 40.0 Å². The van der Waals surface area contributed by atoms with Gasteiger partial charge in [-0.15, -0.1) is 0 Å². The lowest BCUT2D eigenvalue weighted by Gasteiger charge is -2.04. The lowest BCUT2D eigenvalue weighted by atomic mass is 10.0. The molecule has 0 aromatic carbocycles. The zero-order chi connectivity index (χ0) is 19.4. The highest BCUT2D eigenvalue weighted by atomic mass is 16.5. The van der Waals surface area contributed by atoms with E-state index < -0.39 is 0 Å². The first-order valence-electron chi connectivity index (χ1n) is 8.84. The van der Waals surface area contributed by atoms with Gasteiger partial charge in [-0.2, -0.15) is 0 Å². The fourth-order valence-corrected chi connectivity index (χ4v) is 2.26. The molecule has 0 saturated carbocycles. The predicted octanol–water partition coefficient (Wildman–Crippen LogP) is 5.75. The van der Waals surface area contributed by atoms with Gasteiger partial charge in [-0.3, -0.25) is 0 Å². The highest BCUT2D eigenvalue weighted by Crippen LogP contribution is 2.23. The van der Waals surface area contributed by atoms with Crippen LogP contribution in [0.4, 0.5) is 0 Å². The SMILES string of the molecule is C=CN/C=C(\C=C/CC(=C)/C=C\C(=C)OCCCC)c1c(C)noc1C. The number of hydrogen-bond donors (Lipinski definition) is 1. The van der Waals surface area contributed by atoms with Crippen LogP contribution in [0.3, 0.4) is 0 Å². The average Bonchev–Trinajstić information content (AvgIpc) is 2.95. The van der Waals surface area contributed by atoms with Crippen LogP contribution in [0.15, 0.2) is 72.3 Å². The highest BCUT2D eigenvalue weighted by molar-refractivity contribution is 5.76. The fourth-order valence-electron chi connectivity index (χ4n) is 2.26. The van der Waals surface area contributed by atoms with Gasteiger partial charge in [0.15, 0.2) is 0 Å². The number of nitrogens with zero attached hydrogens (tertiary/aromatic N) is 1. The first kappa shape index (κ1) is 21.3. The number of aromatic nitrogens is 1. The summed E-state index contributed by atoms with van der Waals surface area (Å²) in [5, 5.41) is 7.02. The number of aryl methyl sites for hydroxylation is 2. The van der Waals surface area contributed by atoms with Gasteiger partial charge in [0.25, 0.3) is 0 Å². The molecule has 4 nitrogen and oxygen atoms in total. The van der Waals surface area contributed by atoms with Crippen LogP contribution in [0.2, 0.25) is 0 Å². The highest BCUT2D eigenvalue weighted by Gasteiger charge is 2.11. The predicted molar refractivity (Wildman–Crippen MR) is 109 cm³/mol. The summed E-state index contributed by atoms with van der Waals surface area (Å²) in [7, 11) is 0. The Morgan fingerprint density at radius 1 is 1.23 bits per heavy atom. The van der Waals surface area contributed by atoms with E-state index in [4.69, 9.17) is 9.26 Å². The summed E-state index contributed by atoms with van der Waals surface area (Å²) in [4.78, 5) is 0. The Bertz CT molecular complexity index is 686. The van der Waals surface area contributed by atoms with E-state index in [0.29, 0.717) is 18.8 Å². The largest absolute Gasteiger partial charge is 0.494 e. The minimum atomic E-state index is 0.662. The normalized spacial score (nSPS) is 11.9. The van der Waals surface area contributed by atoms with E-state index in [2.05, 4.69) is 43.2 Å². The third kappa shape index (κ3) is 7.43. The van der Waals surface area contributed by atoms with Gasteiger partial charge in [-0.1, -0.05) is 62.0 Å². The van der Waals surface area contributed by atoms with Crippen molar-refractivity contribution in [1.82, 2.24) is 10.5 Å². The van der Waals surface area contributed by atoms with Gasteiger partial charge in [0.2, 0.25) is 0 Å². The number of unbranched alkanes of at least 4 members (excludes halogenated alkanes) is 1. The van der Waals surface area contributed by atoms with Gasteiger partial charge in [-0.25, -0.2) is 0 Å². The van der Waals surface area contributed by atoms with Gasteiger partial charge in [-0.05, 0) is 39.0 Å². The van der Waals surface area contributed by atoms with Gasteiger partial charge in [0.05, 0.1) is 12.3 Å². The molecule has 4 heteroatoms. The molecule has 0 bridgehead atoms. The van der Waals surface area contributed by atoms with Crippen LogP contribution >= 0.6 is 0 Å². The smallest absolute Gasteiger partial charge is 0.141 e. The Morgan fingerprint density at radius 2 is 2.00 bits per heavy atom. The third-order valence-corrected chi connectivity index (χ3v) is 3.65. The first-order chi connectivity index (χ1) is 12.5. The number of nitrogens with one attached hydrogen (secondary N) is 1. The maximum absolute atomic E-state index is 5.51. The summed E-state index contributed by atoms with van der Waals surface area (Å²) in [6.07, 6.45) is 14.2. The second kappa shape index (κ2) is 11.7. The molecule has 0 saturated heterocycles. The molecule has 0 atom stereocenters. The van der Waals surface area contributed by atoms with E-state index in [0.717, 1.165) is 41.0 Å². The molecule has 0 aliphatic heterocycles. The maximum atomic E-state index is 5.51. The van der Waals surface area contributed by atoms with Gasteiger partial charge < -0.3 is 14.6 Å². The van der Waals surface area contributed by atoms with Crippen LogP contribution in [-0.4, -0.2) is 11.8 Å². The van der Waals surface area contributed by atoms with Gasteiger partial charge in [0, 0.05) is 17.3 Å². The summed E-state index contributed by atoms with van der Waals surface area (Å²) >= 11 is 0. The summed E-state index contributed by atoms with van der Waals surface area (Å²) in [6, 6.07) is 0. The minimum absolute atomic E-state index is 0.662. The molecule has 1 N–H and O–H groups in total. The van der Waals surface area contributed by atoms with Crippen LogP contribution in [0.5, 0.6) is 0 Å². The molecule has 0 aliphatic carbocycles. The van der Waals surface area contributed by atoms with E-state index >= 15 is 0 Å². The zero-order valence-electron chi connectivity index (χ0n) is 16.2. The number of hydrogen-bond acceptors (Lipinski definition) is 4. The Kier molecular flexibility index (Phi) is 9.62. The molecule has 0 amide bonds. The van der Waals surface area contributed by atoms with Crippen molar-refractivity contribution in [1.29, 1.82) is 0 Å². The monoisotopic (exact) mass is 354 g/mol. The molecular weight excluding hydrogens is 324 g/mol. The van der Waals surface area contributed by atoms with Crippen molar-refractivity contribution in [2.75, 3.05) is 6.61 Å². The molecule has 26 heavy (non-hydrogen) atoms. The van der Waals surface area contributed by atoms with Gasteiger partial charge in [0.1, 0.15) is 11.5 Å². The molecule has 1 aromatic rings. The number of allylic oxidation sites excluding steroid dienone is 6. The van der Waals surface area contributed by atoms with E-state index in [1.807, 2.05) is 38.3 Å². The summed E-state index contributed by atoms with van der Waals surface area (Å²) in [5.41, 5.74) is 3.78. The lowest BCUT2D eigenvalue weighted by Crippen LogP contribution is -1.95. The summed E-state index contributed by atoms with van der Waals surface area (Å²) in [5.74, 6) is 1.44. The quantitative estimate of drug-likeness (QED) is 0.295. The average molecular weight is 354 g/mol. The molecular formula is C22H30N2O2. The molecule has 0 unspecified atom stereocenters. The van der Waals surface area contributed by atoms with Crippen LogP contribution in [0.1, 0.15) is 43.2 Å². The summed E-state index contributed by atoms with van der Waals surface area (Å²) < 4.78 is 10.8. The van der Waals surface area contributed by atoms with Crippen molar-refractivity contribution in [3.05, 3.63) is 84.8 Å². The zero-order valence-corrected chi connectivity index (χ0v) is 16.2. The summed E-state index contributed by atoms with van der Waals surface area (Å²) in [6.45, 7) is 18.3. The Labute approximate surface area is 157 Å². The number of ether oxygens (including phenoxy) is 1. The van der Waals surface area contributed by atoms with Crippen LogP contribution in [-0.2, 0) is 4.74 Å². The molecule has 1 rings (SSSR count). The molecule has 140 valence electrons. The molecule has 1 heterocycles. The Balaban J connectivity index is 2.67. The minimum Gasteiger partial charge on any atom is -0.494 e. The van der Waals surface area contributed by atoms with E-state index in [9.17, 15) is 0 Å². The van der Waals surface area contributed by atoms with Crippen LogP contribution in [0, 0.1) is 13.8 Å². The Hall–Kier alpha value is -2.75. The molecule has 1 aromatic heterocycles. The van der Waals surface area contributed by atoms with Crippen molar-refractivity contribution >= 4 is 5.57 Å². The standard InChI is InChI=1S/C22H30N2O2/c1-7-9-15-25-18(4)14-13-17(3)11-10-12-21(16-23-8-2)22-19(5)24-26-20(22)6/h8,10,12-14,16,23H,2-4,7,9,11,15H2,1,5-6H3/b12-10-,14-13-,21-16+. The second-order valence-corrected chi connectivity index (χ2v) is 5.94. The number of rotatable bonds is 12. The molecule has 0 fully saturated rings. The second-order valence-electron chi connectivity index (χ2n) is 5.94. The van der Waals surface area contributed by atoms with Crippen molar-refractivity contribution < 1.29 is 9.26 Å². The maximum Gasteiger partial charge on any atom is 0.141 e. The van der Waals surface area contributed by atoms with Crippen molar-refractivity contribution in [2.24, 2.45) is 0 Å². The lowest BCUT2D eigenvalue weighted by molar-refractivity contribution is 0.221. The fraction of sp³-hybridized carbons (Fsp3) is 0.318. The Morgan fingerprint density at radius 3 is 2.62 bits per heavy atom. The molecule has 0 radical (unpaired) electrons. The van der Waals surface area contributed by atoms with Crippen molar-refractivity contribution in [3.63, 3.8) is 0 Å². The van der Waals surface area contributed by atoms with E-state index in [1.165, 1.54) is 0 Å². The van der Waals surface area contributed by atoms with Crippen LogP contribution < -0.4 is 5.32 Å². The first-order valence-corrected chi connectivity index (χ1v) is 8.84. The van der Waals surface area contributed by atoms with Gasteiger partial charge >= 0.3 is 0 Å². The molecule has 0 spiro atoms. The topological polar surface area (TPSA) is 47.3 Å².